The molecule has 2 aromatic carbocycles. The average molecular weight is 540 g/mol. The Morgan fingerprint density at radius 2 is 1.49 bits per heavy atom. The summed E-state index contributed by atoms with van der Waals surface area (Å²) in [5.74, 6) is 2.22. The third kappa shape index (κ3) is 11.8. The van der Waals surface area contributed by atoms with E-state index in [-0.39, 0.29) is 11.7 Å². The van der Waals surface area contributed by atoms with Gasteiger partial charge >= 0.3 is 6.09 Å². The van der Waals surface area contributed by atoms with Crippen molar-refractivity contribution in [3.8, 4) is 11.5 Å². The molecule has 11 heteroatoms. The zero-order chi connectivity index (χ0) is 28.8. The summed E-state index contributed by atoms with van der Waals surface area (Å²) in [7, 11) is 3.72. The summed E-state index contributed by atoms with van der Waals surface area (Å²) >= 11 is 0. The SMILES string of the molecule is C/N=C(/NCCCOc1ccc(C(=N)N)cc1)N(C)CCCOc1ccc(C(=N)NC(=O)OC(C)(C)C)cc1. The largest absolute Gasteiger partial charge is 0.494 e. The Balaban J connectivity index is 1.64. The lowest BCUT2D eigenvalue weighted by Crippen LogP contribution is -2.40. The van der Waals surface area contributed by atoms with Crippen LogP contribution >= 0.6 is 0 Å². The van der Waals surface area contributed by atoms with E-state index in [2.05, 4.69) is 15.6 Å². The Hall–Kier alpha value is -4.28. The van der Waals surface area contributed by atoms with Crippen molar-refractivity contribution in [2.24, 2.45) is 10.7 Å². The first-order chi connectivity index (χ1) is 18.5. The number of aliphatic imine (C=N–C) groups is 1. The molecule has 11 nitrogen and oxygen atoms in total. The number of carbonyl (C=O) groups is 1. The van der Waals surface area contributed by atoms with Crippen molar-refractivity contribution in [1.29, 1.82) is 10.8 Å². The molecule has 0 aromatic heterocycles. The number of hydrogen-bond acceptors (Lipinski definition) is 7. The van der Waals surface area contributed by atoms with Crippen molar-refractivity contribution < 1.29 is 19.0 Å². The van der Waals surface area contributed by atoms with E-state index in [0.717, 1.165) is 31.1 Å². The molecule has 0 atom stereocenters. The van der Waals surface area contributed by atoms with Crippen LogP contribution < -0.4 is 25.8 Å². The van der Waals surface area contributed by atoms with Crippen LogP contribution in [0.5, 0.6) is 11.5 Å². The van der Waals surface area contributed by atoms with Crippen molar-refractivity contribution in [1.82, 2.24) is 15.5 Å². The van der Waals surface area contributed by atoms with Crippen LogP contribution in [-0.4, -0.2) is 74.6 Å². The van der Waals surface area contributed by atoms with Gasteiger partial charge in [-0.3, -0.25) is 21.1 Å². The summed E-state index contributed by atoms with van der Waals surface area (Å²) in [6.07, 6.45) is 0.923. The van der Waals surface area contributed by atoms with Gasteiger partial charge in [0.05, 0.1) is 13.2 Å². The van der Waals surface area contributed by atoms with Gasteiger partial charge in [0.25, 0.3) is 0 Å². The minimum atomic E-state index is -0.660. The number of nitrogen functional groups attached to an aromatic ring is 1. The van der Waals surface area contributed by atoms with Crippen LogP contribution in [0.1, 0.15) is 44.7 Å². The third-order valence-electron chi connectivity index (χ3n) is 5.29. The number of amides is 1. The topological polar surface area (TPSA) is 158 Å². The van der Waals surface area contributed by atoms with E-state index in [0.29, 0.717) is 36.6 Å². The normalized spacial score (nSPS) is 11.4. The number of nitrogens with two attached hydrogens (primary N) is 1. The first-order valence-electron chi connectivity index (χ1n) is 12.8. The van der Waals surface area contributed by atoms with Gasteiger partial charge in [0, 0.05) is 38.3 Å². The molecule has 212 valence electrons. The van der Waals surface area contributed by atoms with Crippen molar-refractivity contribution >= 4 is 23.7 Å². The molecule has 0 aliphatic rings. The van der Waals surface area contributed by atoms with Crippen LogP contribution in [0.4, 0.5) is 4.79 Å². The maximum Gasteiger partial charge on any atom is 0.413 e. The number of nitrogens with one attached hydrogen (secondary N) is 4. The van der Waals surface area contributed by atoms with Crippen LogP contribution in [-0.2, 0) is 4.74 Å². The molecule has 39 heavy (non-hydrogen) atoms. The van der Waals surface area contributed by atoms with E-state index < -0.39 is 11.7 Å². The number of carbonyl (C=O) groups excluding carboxylic acids is 1. The Morgan fingerprint density at radius 1 is 0.949 bits per heavy atom. The molecule has 1 amide bonds. The molecule has 0 aliphatic heterocycles. The van der Waals surface area contributed by atoms with Crippen molar-refractivity contribution in [3.05, 3.63) is 59.7 Å². The zero-order valence-corrected chi connectivity index (χ0v) is 23.5. The summed E-state index contributed by atoms with van der Waals surface area (Å²) < 4.78 is 16.7. The molecule has 0 spiro atoms. The Kier molecular flexibility index (Phi) is 12.1. The molecule has 0 saturated heterocycles. The van der Waals surface area contributed by atoms with E-state index in [9.17, 15) is 4.79 Å². The van der Waals surface area contributed by atoms with E-state index in [4.69, 9.17) is 30.8 Å². The number of benzene rings is 2. The van der Waals surface area contributed by atoms with Gasteiger partial charge in [-0.1, -0.05) is 0 Å². The number of rotatable bonds is 12. The van der Waals surface area contributed by atoms with Gasteiger partial charge in [-0.2, -0.15) is 0 Å². The van der Waals surface area contributed by atoms with E-state index in [1.54, 1.807) is 64.2 Å². The number of guanidine groups is 1. The molecule has 0 saturated carbocycles. The third-order valence-corrected chi connectivity index (χ3v) is 5.29. The minimum Gasteiger partial charge on any atom is -0.494 e. The summed E-state index contributed by atoms with van der Waals surface area (Å²) in [6.45, 7) is 7.84. The number of alkyl carbamates (subject to hydrolysis) is 1. The van der Waals surface area contributed by atoms with Crippen LogP contribution in [0, 0.1) is 10.8 Å². The van der Waals surface area contributed by atoms with Gasteiger partial charge in [0.1, 0.15) is 28.8 Å². The van der Waals surface area contributed by atoms with Crippen LogP contribution in [0.3, 0.4) is 0 Å². The second kappa shape index (κ2) is 15.2. The van der Waals surface area contributed by atoms with Crippen LogP contribution in [0.2, 0.25) is 0 Å². The van der Waals surface area contributed by atoms with Crippen molar-refractivity contribution in [2.45, 2.75) is 39.2 Å². The number of ether oxygens (including phenoxy) is 3. The molecule has 0 unspecified atom stereocenters. The number of amidine groups is 2. The van der Waals surface area contributed by atoms with Crippen molar-refractivity contribution in [2.75, 3.05) is 40.4 Å². The smallest absolute Gasteiger partial charge is 0.413 e. The fourth-order valence-electron chi connectivity index (χ4n) is 3.37. The zero-order valence-electron chi connectivity index (χ0n) is 23.5. The molecule has 0 fully saturated rings. The number of hydrogen-bond donors (Lipinski definition) is 5. The quantitative estimate of drug-likeness (QED) is 0.157. The highest BCUT2D eigenvalue weighted by Crippen LogP contribution is 2.14. The van der Waals surface area contributed by atoms with Gasteiger partial charge in [-0.25, -0.2) is 4.79 Å². The molecular formula is C28H41N7O4. The van der Waals surface area contributed by atoms with Gasteiger partial charge in [0.2, 0.25) is 0 Å². The molecule has 2 rings (SSSR count). The van der Waals surface area contributed by atoms with Crippen molar-refractivity contribution in [3.63, 3.8) is 0 Å². The molecule has 0 bridgehead atoms. The van der Waals surface area contributed by atoms with E-state index >= 15 is 0 Å². The highest BCUT2D eigenvalue weighted by atomic mass is 16.6. The Bertz CT molecular complexity index is 1110. The molecular weight excluding hydrogens is 498 g/mol. The van der Waals surface area contributed by atoms with Gasteiger partial charge in [-0.05, 0) is 82.1 Å². The fourth-order valence-corrected chi connectivity index (χ4v) is 3.37. The first-order valence-corrected chi connectivity index (χ1v) is 12.8. The lowest BCUT2D eigenvalue weighted by Gasteiger charge is -2.22. The second-order valence-electron chi connectivity index (χ2n) is 9.76. The first kappa shape index (κ1) is 30.9. The summed E-state index contributed by atoms with van der Waals surface area (Å²) in [5, 5.41) is 21.2. The molecule has 0 aliphatic carbocycles. The summed E-state index contributed by atoms with van der Waals surface area (Å²) in [6, 6.07) is 14.1. The maximum absolute atomic E-state index is 11.8. The highest BCUT2D eigenvalue weighted by molar-refractivity contribution is 6.04. The minimum absolute atomic E-state index is 0.0359. The highest BCUT2D eigenvalue weighted by Gasteiger charge is 2.17. The maximum atomic E-state index is 11.8. The molecule has 6 N–H and O–H groups in total. The second-order valence-corrected chi connectivity index (χ2v) is 9.76. The summed E-state index contributed by atoms with van der Waals surface area (Å²) in [4.78, 5) is 18.2. The lowest BCUT2D eigenvalue weighted by atomic mass is 10.2. The lowest BCUT2D eigenvalue weighted by molar-refractivity contribution is 0.0563. The fraction of sp³-hybridized carbons (Fsp3) is 0.429. The Morgan fingerprint density at radius 3 is 2.00 bits per heavy atom. The van der Waals surface area contributed by atoms with Gasteiger partial charge in [0.15, 0.2) is 5.96 Å². The number of nitrogens with zero attached hydrogens (tertiary/aromatic N) is 2. The standard InChI is InChI=1S/C28H41N7O4/c1-28(2,3)39-27(36)34-25(31)21-10-14-23(15-11-21)38-19-7-17-35(5)26(32-4)33-16-6-18-37-22-12-8-20(9-13-22)24(29)30/h8-15H,6-7,16-19H2,1-5H3,(H3,29,30)(H,32,33)(H2,31,34,36). The summed E-state index contributed by atoms with van der Waals surface area (Å²) in [5.41, 5.74) is 6.06. The average Bonchev–Trinajstić information content (AvgIpc) is 2.88. The van der Waals surface area contributed by atoms with E-state index in [1.807, 2.05) is 24.1 Å². The molecule has 2 aromatic rings. The monoisotopic (exact) mass is 539 g/mol. The van der Waals surface area contributed by atoms with Crippen LogP contribution in [0.25, 0.3) is 0 Å². The molecule has 0 heterocycles. The Labute approximate surface area is 230 Å². The predicted molar refractivity (Wildman–Crippen MR) is 154 cm³/mol. The van der Waals surface area contributed by atoms with Gasteiger partial charge in [-0.15, -0.1) is 0 Å². The van der Waals surface area contributed by atoms with Gasteiger partial charge < -0.3 is 30.2 Å². The van der Waals surface area contributed by atoms with E-state index in [1.165, 1.54) is 0 Å². The van der Waals surface area contributed by atoms with Crippen LogP contribution in [0.15, 0.2) is 53.5 Å². The predicted octanol–water partition coefficient (Wildman–Crippen LogP) is 3.57. The molecule has 0 radical (unpaired) electrons.